The van der Waals surface area contributed by atoms with Crippen LogP contribution in [0.5, 0.6) is 0 Å². The van der Waals surface area contributed by atoms with E-state index < -0.39 is 0 Å². The number of benzene rings is 1. The van der Waals surface area contributed by atoms with Gasteiger partial charge in [0.2, 0.25) is 0 Å². The largest absolute Gasteiger partial charge is 0.313 e. The van der Waals surface area contributed by atoms with Crippen molar-refractivity contribution in [2.24, 2.45) is 5.92 Å². The van der Waals surface area contributed by atoms with Gasteiger partial charge in [-0.3, -0.25) is 4.98 Å². The normalized spacial score (nSPS) is 12.6. The summed E-state index contributed by atoms with van der Waals surface area (Å²) < 4.78 is 0. The molecule has 2 heteroatoms. The lowest BCUT2D eigenvalue weighted by atomic mass is 9.96. The van der Waals surface area contributed by atoms with Crippen LogP contribution in [-0.2, 0) is 12.8 Å². The molecule has 0 saturated carbocycles. The molecule has 0 aliphatic carbocycles. The van der Waals surface area contributed by atoms with Gasteiger partial charge in [0.25, 0.3) is 0 Å². The van der Waals surface area contributed by atoms with Crippen LogP contribution in [0.3, 0.4) is 0 Å². The third kappa shape index (κ3) is 4.17. The van der Waals surface area contributed by atoms with Gasteiger partial charge in [-0.15, -0.1) is 0 Å². The number of pyridine rings is 1. The van der Waals surface area contributed by atoms with Crippen molar-refractivity contribution < 1.29 is 0 Å². The smallest absolute Gasteiger partial charge is 0.0422 e. The first-order chi connectivity index (χ1) is 9.69. The average molecular weight is 268 g/mol. The quantitative estimate of drug-likeness (QED) is 0.862. The number of nitrogens with one attached hydrogen (secondary N) is 1. The molecule has 106 valence electrons. The summed E-state index contributed by atoms with van der Waals surface area (Å²) in [6.07, 6.45) is 3.91. The van der Waals surface area contributed by atoms with Gasteiger partial charge in [-0.25, -0.2) is 0 Å². The Labute approximate surface area is 122 Å². The second-order valence-electron chi connectivity index (χ2n) is 5.71. The summed E-state index contributed by atoms with van der Waals surface area (Å²) in [5.41, 5.74) is 3.89. The summed E-state index contributed by atoms with van der Waals surface area (Å²) >= 11 is 0. The van der Waals surface area contributed by atoms with Crippen LogP contribution in [-0.4, -0.2) is 12.0 Å². The van der Waals surface area contributed by atoms with Crippen LogP contribution in [0.15, 0.2) is 48.7 Å². The molecule has 0 aliphatic rings. The molecular weight excluding hydrogens is 244 g/mol. The summed E-state index contributed by atoms with van der Waals surface area (Å²) in [4.78, 5) is 4.42. The number of rotatable bonds is 6. The summed E-state index contributed by atoms with van der Waals surface area (Å²) in [6, 6.07) is 15.3. The molecule has 1 unspecified atom stereocenters. The van der Waals surface area contributed by atoms with E-state index in [-0.39, 0.29) is 0 Å². The van der Waals surface area contributed by atoms with Crippen LogP contribution in [0.2, 0.25) is 0 Å². The second-order valence-corrected chi connectivity index (χ2v) is 5.71. The van der Waals surface area contributed by atoms with Gasteiger partial charge < -0.3 is 5.32 Å². The summed E-state index contributed by atoms with van der Waals surface area (Å²) in [6.45, 7) is 4.52. The molecule has 20 heavy (non-hydrogen) atoms. The van der Waals surface area contributed by atoms with E-state index in [0.29, 0.717) is 12.0 Å². The monoisotopic (exact) mass is 268 g/mol. The van der Waals surface area contributed by atoms with Crippen molar-refractivity contribution >= 4 is 0 Å². The molecule has 0 radical (unpaired) electrons. The van der Waals surface area contributed by atoms with Crippen molar-refractivity contribution in [3.05, 3.63) is 65.5 Å². The number of hydrogen-bond donors (Lipinski definition) is 1. The van der Waals surface area contributed by atoms with Crippen LogP contribution >= 0.6 is 0 Å². The van der Waals surface area contributed by atoms with Crippen molar-refractivity contribution in [2.75, 3.05) is 7.05 Å². The van der Waals surface area contributed by atoms with Crippen molar-refractivity contribution in [3.8, 4) is 0 Å². The highest BCUT2D eigenvalue weighted by Crippen LogP contribution is 2.19. The molecule has 0 amide bonds. The molecule has 2 nitrogen and oxygen atoms in total. The predicted molar refractivity (Wildman–Crippen MR) is 84.7 cm³/mol. The molecular formula is C18H24N2. The maximum atomic E-state index is 4.42. The Balaban J connectivity index is 2.15. The zero-order valence-electron chi connectivity index (χ0n) is 12.6. The maximum Gasteiger partial charge on any atom is 0.0422 e. The Hall–Kier alpha value is -1.67. The SMILES string of the molecule is CNC(Cc1ccccn1)c1cccc(CC(C)C)c1. The standard InChI is InChI=1S/C18H24N2/c1-14(2)11-15-7-6-8-16(12-15)18(19-3)13-17-9-4-5-10-20-17/h4-10,12,14,18-19H,11,13H2,1-3H3. The van der Waals surface area contributed by atoms with Gasteiger partial charge in [0.15, 0.2) is 0 Å². The van der Waals surface area contributed by atoms with Crippen LogP contribution in [0.25, 0.3) is 0 Å². The summed E-state index contributed by atoms with van der Waals surface area (Å²) in [7, 11) is 2.02. The fraction of sp³-hybridized carbons (Fsp3) is 0.389. The van der Waals surface area contributed by atoms with E-state index in [1.165, 1.54) is 11.1 Å². The Morgan fingerprint density at radius 2 is 1.90 bits per heavy atom. The van der Waals surface area contributed by atoms with Gasteiger partial charge in [-0.05, 0) is 42.6 Å². The van der Waals surface area contributed by atoms with Crippen LogP contribution in [0.4, 0.5) is 0 Å². The lowest BCUT2D eigenvalue weighted by molar-refractivity contribution is 0.581. The molecule has 1 aromatic carbocycles. The lowest BCUT2D eigenvalue weighted by Crippen LogP contribution is -2.19. The Morgan fingerprint density at radius 1 is 1.05 bits per heavy atom. The fourth-order valence-electron chi connectivity index (χ4n) is 2.52. The molecule has 0 bridgehead atoms. The molecule has 0 saturated heterocycles. The zero-order chi connectivity index (χ0) is 14.4. The van der Waals surface area contributed by atoms with E-state index in [1.807, 2.05) is 25.4 Å². The molecule has 1 atom stereocenters. The van der Waals surface area contributed by atoms with E-state index in [0.717, 1.165) is 18.5 Å². The second kappa shape index (κ2) is 7.20. The van der Waals surface area contributed by atoms with Crippen molar-refractivity contribution in [2.45, 2.75) is 32.7 Å². The first kappa shape index (κ1) is 14.7. The first-order valence-corrected chi connectivity index (χ1v) is 7.35. The Morgan fingerprint density at radius 3 is 2.55 bits per heavy atom. The molecule has 1 heterocycles. The van der Waals surface area contributed by atoms with E-state index >= 15 is 0 Å². The minimum atomic E-state index is 0.317. The number of hydrogen-bond acceptors (Lipinski definition) is 2. The topological polar surface area (TPSA) is 24.9 Å². The van der Waals surface area contributed by atoms with Crippen molar-refractivity contribution in [1.82, 2.24) is 10.3 Å². The van der Waals surface area contributed by atoms with E-state index in [2.05, 4.69) is 54.5 Å². The van der Waals surface area contributed by atoms with Crippen molar-refractivity contribution in [3.63, 3.8) is 0 Å². The Bertz CT molecular complexity index is 520. The van der Waals surface area contributed by atoms with Gasteiger partial charge in [0.05, 0.1) is 0 Å². The van der Waals surface area contributed by atoms with Crippen LogP contribution in [0.1, 0.15) is 36.7 Å². The highest BCUT2D eigenvalue weighted by Gasteiger charge is 2.11. The van der Waals surface area contributed by atoms with Gasteiger partial charge >= 0.3 is 0 Å². The number of nitrogens with zero attached hydrogens (tertiary/aromatic N) is 1. The highest BCUT2D eigenvalue weighted by molar-refractivity contribution is 5.27. The molecule has 1 aromatic heterocycles. The summed E-state index contributed by atoms with van der Waals surface area (Å²) in [5, 5.41) is 3.41. The molecule has 0 spiro atoms. The maximum absolute atomic E-state index is 4.42. The van der Waals surface area contributed by atoms with E-state index in [1.54, 1.807) is 0 Å². The van der Waals surface area contributed by atoms with E-state index in [4.69, 9.17) is 0 Å². The molecule has 0 aliphatic heterocycles. The fourth-order valence-corrected chi connectivity index (χ4v) is 2.52. The third-order valence-corrected chi connectivity index (χ3v) is 3.49. The summed E-state index contributed by atoms with van der Waals surface area (Å²) in [5.74, 6) is 0.689. The van der Waals surface area contributed by atoms with E-state index in [9.17, 15) is 0 Å². The Kier molecular flexibility index (Phi) is 5.31. The minimum Gasteiger partial charge on any atom is -0.313 e. The molecule has 2 rings (SSSR count). The molecule has 1 N–H and O–H groups in total. The van der Waals surface area contributed by atoms with Crippen LogP contribution in [0, 0.1) is 5.92 Å². The van der Waals surface area contributed by atoms with Crippen molar-refractivity contribution in [1.29, 1.82) is 0 Å². The third-order valence-electron chi connectivity index (χ3n) is 3.49. The minimum absolute atomic E-state index is 0.317. The molecule has 2 aromatic rings. The lowest BCUT2D eigenvalue weighted by Gasteiger charge is -2.17. The molecule has 0 fully saturated rings. The number of likely N-dealkylation sites (N-methyl/N-ethyl adjacent to an activating group) is 1. The zero-order valence-corrected chi connectivity index (χ0v) is 12.6. The highest BCUT2D eigenvalue weighted by atomic mass is 14.9. The predicted octanol–water partition coefficient (Wildman–Crippen LogP) is 3.78. The number of aromatic nitrogens is 1. The first-order valence-electron chi connectivity index (χ1n) is 7.35. The van der Waals surface area contributed by atoms with Gasteiger partial charge in [0.1, 0.15) is 0 Å². The van der Waals surface area contributed by atoms with Gasteiger partial charge in [-0.2, -0.15) is 0 Å². The van der Waals surface area contributed by atoms with Crippen LogP contribution < -0.4 is 5.32 Å². The van der Waals surface area contributed by atoms with Gasteiger partial charge in [0, 0.05) is 24.4 Å². The van der Waals surface area contributed by atoms with Gasteiger partial charge in [-0.1, -0.05) is 44.2 Å². The average Bonchev–Trinajstić information content (AvgIpc) is 2.45.